The maximum Gasteiger partial charge on any atom is 0.343 e. The van der Waals surface area contributed by atoms with Crippen LogP contribution in [0.1, 0.15) is 32.0 Å². The maximum atomic E-state index is 14.1. The lowest BCUT2D eigenvalue weighted by Crippen LogP contribution is -2.34. The lowest BCUT2D eigenvalue weighted by atomic mass is 10.1. The molecule has 1 aromatic carbocycles. The minimum absolute atomic E-state index is 0.0582. The van der Waals surface area contributed by atoms with E-state index in [9.17, 15) is 23.2 Å². The van der Waals surface area contributed by atoms with Crippen LogP contribution < -0.4 is 10.3 Å². The highest BCUT2D eigenvalue weighted by atomic mass is 19.1. The summed E-state index contributed by atoms with van der Waals surface area (Å²) in [6, 6.07) is 7.39. The number of pyridine rings is 2. The molecule has 4 rings (SSSR count). The van der Waals surface area contributed by atoms with Crippen molar-refractivity contribution in [2.45, 2.75) is 19.6 Å². The van der Waals surface area contributed by atoms with Gasteiger partial charge in [0.05, 0.1) is 12.7 Å². The van der Waals surface area contributed by atoms with E-state index in [-0.39, 0.29) is 44.0 Å². The van der Waals surface area contributed by atoms with E-state index in [2.05, 4.69) is 4.98 Å². The van der Waals surface area contributed by atoms with Gasteiger partial charge in [-0.05, 0) is 24.3 Å². The monoisotopic (exact) mass is 469 g/mol. The molecule has 0 saturated heterocycles. The largest absolute Gasteiger partial charge is 0.488 e. The Labute approximate surface area is 193 Å². The molecule has 0 fully saturated rings. The average Bonchev–Trinajstić information content (AvgIpc) is 3.07. The van der Waals surface area contributed by atoms with Gasteiger partial charge in [0, 0.05) is 55.8 Å². The van der Waals surface area contributed by atoms with Gasteiger partial charge in [-0.25, -0.2) is 13.6 Å². The fraction of sp³-hybridized carbons (Fsp3) is 0.250. The van der Waals surface area contributed by atoms with Crippen LogP contribution in [0.5, 0.6) is 5.75 Å². The minimum atomic E-state index is -0.841. The van der Waals surface area contributed by atoms with Crippen LogP contribution in [-0.2, 0) is 24.3 Å². The van der Waals surface area contributed by atoms with Crippen molar-refractivity contribution in [3.8, 4) is 5.75 Å². The molecule has 0 unspecified atom stereocenters. The second-order valence-electron chi connectivity index (χ2n) is 7.63. The van der Waals surface area contributed by atoms with Crippen molar-refractivity contribution in [1.82, 2.24) is 14.5 Å². The number of rotatable bonds is 5. The zero-order valence-corrected chi connectivity index (χ0v) is 18.3. The van der Waals surface area contributed by atoms with Crippen LogP contribution in [0.4, 0.5) is 8.78 Å². The van der Waals surface area contributed by atoms with Crippen molar-refractivity contribution in [1.29, 1.82) is 0 Å². The number of carbonyl (C=O) groups is 2. The van der Waals surface area contributed by atoms with E-state index in [0.717, 1.165) is 23.8 Å². The van der Waals surface area contributed by atoms with Gasteiger partial charge >= 0.3 is 5.97 Å². The fourth-order valence-corrected chi connectivity index (χ4v) is 3.86. The van der Waals surface area contributed by atoms with Crippen LogP contribution >= 0.6 is 0 Å². The quantitative estimate of drug-likeness (QED) is 0.534. The predicted octanol–water partition coefficient (Wildman–Crippen LogP) is 2.59. The highest BCUT2D eigenvalue weighted by Crippen LogP contribution is 2.25. The number of halogens is 2. The highest BCUT2D eigenvalue weighted by molar-refractivity contribution is 5.95. The molecule has 0 bridgehead atoms. The molecule has 10 heteroatoms. The summed E-state index contributed by atoms with van der Waals surface area (Å²) in [5, 5.41) is 0. The molecule has 0 aliphatic carbocycles. The van der Waals surface area contributed by atoms with Crippen molar-refractivity contribution in [3.05, 3.63) is 93.2 Å². The molecule has 0 radical (unpaired) electrons. The number of aromatic nitrogens is 2. The van der Waals surface area contributed by atoms with Crippen molar-refractivity contribution in [3.63, 3.8) is 0 Å². The zero-order chi connectivity index (χ0) is 24.2. The van der Waals surface area contributed by atoms with Crippen LogP contribution in [0.15, 0.2) is 53.6 Å². The van der Waals surface area contributed by atoms with Gasteiger partial charge in [-0.2, -0.15) is 0 Å². The number of fused-ring (bicyclic) bond motifs is 1. The molecular formula is C24H21F2N3O5. The number of amides is 1. The SMILES string of the molecule is COC(=O)c1c(OCc2cccnc2)cc(=O)n2c1CCN(C(=O)c1cc(F)ccc1F)CC2. The molecule has 3 heterocycles. The van der Waals surface area contributed by atoms with E-state index < -0.39 is 34.6 Å². The van der Waals surface area contributed by atoms with E-state index >= 15 is 0 Å². The molecule has 34 heavy (non-hydrogen) atoms. The van der Waals surface area contributed by atoms with Crippen LogP contribution in [0.2, 0.25) is 0 Å². The van der Waals surface area contributed by atoms with Crippen molar-refractivity contribution >= 4 is 11.9 Å². The first-order valence-corrected chi connectivity index (χ1v) is 10.5. The summed E-state index contributed by atoms with van der Waals surface area (Å²) in [5.74, 6) is -2.91. The van der Waals surface area contributed by atoms with E-state index in [1.54, 1.807) is 24.5 Å². The minimum Gasteiger partial charge on any atom is -0.488 e. The van der Waals surface area contributed by atoms with Crippen LogP contribution in [0.3, 0.4) is 0 Å². The summed E-state index contributed by atoms with van der Waals surface area (Å²) in [5.41, 5.74) is 0.345. The Hall–Kier alpha value is -4.08. The molecule has 1 aliphatic rings. The Morgan fingerprint density at radius 3 is 2.68 bits per heavy atom. The van der Waals surface area contributed by atoms with E-state index in [1.165, 1.54) is 22.6 Å². The smallest absolute Gasteiger partial charge is 0.343 e. The lowest BCUT2D eigenvalue weighted by molar-refractivity contribution is 0.0592. The first kappa shape index (κ1) is 23.1. The number of hydrogen-bond donors (Lipinski definition) is 0. The summed E-state index contributed by atoms with van der Waals surface area (Å²) in [6.45, 7) is 0.274. The molecule has 176 valence electrons. The third-order valence-electron chi connectivity index (χ3n) is 5.55. The summed E-state index contributed by atoms with van der Waals surface area (Å²) in [4.78, 5) is 43.7. The third kappa shape index (κ3) is 4.66. The molecule has 2 aromatic heterocycles. The van der Waals surface area contributed by atoms with Crippen LogP contribution in [-0.4, -0.2) is 46.5 Å². The first-order chi connectivity index (χ1) is 16.4. The summed E-state index contributed by atoms with van der Waals surface area (Å²) in [6.07, 6.45) is 3.32. The van der Waals surface area contributed by atoms with Gasteiger partial charge in [0.1, 0.15) is 29.6 Å². The molecule has 0 saturated carbocycles. The summed E-state index contributed by atoms with van der Waals surface area (Å²) in [7, 11) is 1.22. The predicted molar refractivity (Wildman–Crippen MR) is 117 cm³/mol. The maximum absolute atomic E-state index is 14.1. The van der Waals surface area contributed by atoms with Crippen molar-refractivity contribution in [2.75, 3.05) is 20.2 Å². The van der Waals surface area contributed by atoms with Crippen LogP contribution in [0.25, 0.3) is 0 Å². The van der Waals surface area contributed by atoms with Gasteiger partial charge in [-0.3, -0.25) is 14.6 Å². The number of esters is 1. The van der Waals surface area contributed by atoms with E-state index in [4.69, 9.17) is 9.47 Å². The Morgan fingerprint density at radius 2 is 1.94 bits per heavy atom. The number of benzene rings is 1. The van der Waals surface area contributed by atoms with Crippen LogP contribution in [0, 0.1) is 11.6 Å². The Bertz CT molecular complexity index is 1290. The molecule has 3 aromatic rings. The molecule has 1 amide bonds. The molecular weight excluding hydrogens is 448 g/mol. The Kier molecular flexibility index (Phi) is 6.67. The van der Waals surface area contributed by atoms with Gasteiger partial charge in [-0.1, -0.05) is 6.07 Å². The van der Waals surface area contributed by atoms with Gasteiger partial charge in [0.2, 0.25) is 0 Å². The van der Waals surface area contributed by atoms with Gasteiger partial charge in [0.15, 0.2) is 0 Å². The number of ether oxygens (including phenoxy) is 2. The number of methoxy groups -OCH3 is 1. The van der Waals surface area contributed by atoms with Gasteiger partial charge in [-0.15, -0.1) is 0 Å². The normalized spacial score (nSPS) is 13.1. The topological polar surface area (TPSA) is 90.7 Å². The van der Waals surface area contributed by atoms with Gasteiger partial charge < -0.3 is 18.9 Å². The molecule has 8 nitrogen and oxygen atoms in total. The molecule has 0 N–H and O–H groups in total. The zero-order valence-electron chi connectivity index (χ0n) is 18.3. The third-order valence-corrected chi connectivity index (χ3v) is 5.55. The first-order valence-electron chi connectivity index (χ1n) is 10.5. The summed E-state index contributed by atoms with van der Waals surface area (Å²) < 4.78 is 39.8. The standard InChI is InChI=1S/C24H21F2N3O5/c1-33-24(32)22-19-6-8-28(23(31)17-11-16(25)4-5-18(17)26)9-10-29(19)21(30)12-20(22)34-14-15-3-2-7-27-13-15/h2-5,7,11-13H,6,8-10,14H2,1H3. The molecule has 0 spiro atoms. The Morgan fingerprint density at radius 1 is 1.12 bits per heavy atom. The number of hydrogen-bond acceptors (Lipinski definition) is 6. The summed E-state index contributed by atoms with van der Waals surface area (Å²) >= 11 is 0. The Balaban J connectivity index is 1.65. The van der Waals surface area contributed by atoms with Crippen molar-refractivity contribution in [2.24, 2.45) is 0 Å². The second-order valence-corrected chi connectivity index (χ2v) is 7.63. The van der Waals surface area contributed by atoms with Gasteiger partial charge in [0.25, 0.3) is 11.5 Å². The number of nitrogens with zero attached hydrogens (tertiary/aromatic N) is 3. The highest BCUT2D eigenvalue weighted by Gasteiger charge is 2.28. The second kappa shape index (κ2) is 9.82. The lowest BCUT2D eigenvalue weighted by Gasteiger charge is -2.20. The molecule has 1 aliphatic heterocycles. The van der Waals surface area contributed by atoms with Crippen molar-refractivity contribution < 1.29 is 27.8 Å². The number of carbonyl (C=O) groups excluding carboxylic acids is 2. The fourth-order valence-electron chi connectivity index (χ4n) is 3.86. The average molecular weight is 469 g/mol. The van der Waals surface area contributed by atoms with E-state index in [1.807, 2.05) is 0 Å². The van der Waals surface area contributed by atoms with E-state index in [0.29, 0.717) is 5.69 Å². The molecule has 0 atom stereocenters.